The molecule has 0 radical (unpaired) electrons. The second kappa shape index (κ2) is 7.34. The van der Waals surface area contributed by atoms with E-state index in [0.29, 0.717) is 17.2 Å². The van der Waals surface area contributed by atoms with Gasteiger partial charge in [0.15, 0.2) is 5.78 Å². The number of hydrogen-bond acceptors (Lipinski definition) is 2. The van der Waals surface area contributed by atoms with Gasteiger partial charge in [-0.25, -0.2) is 4.39 Å². The van der Waals surface area contributed by atoms with E-state index in [9.17, 15) is 9.18 Å². The van der Waals surface area contributed by atoms with E-state index in [4.69, 9.17) is 16.3 Å². The number of carbonyl (C=O) groups excluding carboxylic acids is 1. The Morgan fingerprint density at radius 1 is 1.24 bits per heavy atom. The molecular formula is C17H16ClFO2. The maximum Gasteiger partial charge on any atom is 0.170 e. The lowest BCUT2D eigenvalue weighted by atomic mass is 9.99. The highest BCUT2D eigenvalue weighted by atomic mass is 35.5. The van der Waals surface area contributed by atoms with Gasteiger partial charge in [-0.1, -0.05) is 48.0 Å². The zero-order valence-electron chi connectivity index (χ0n) is 11.7. The SMILES string of the molecule is CCOC(C(=O)Cc1ccc(Cl)cc1F)c1ccccc1. The maximum atomic E-state index is 13.8. The van der Waals surface area contributed by atoms with Crippen molar-refractivity contribution in [3.05, 3.63) is 70.5 Å². The summed E-state index contributed by atoms with van der Waals surface area (Å²) in [7, 11) is 0. The summed E-state index contributed by atoms with van der Waals surface area (Å²) in [5.74, 6) is -0.650. The Hall–Kier alpha value is -1.71. The first kappa shape index (κ1) is 15.7. The van der Waals surface area contributed by atoms with E-state index in [2.05, 4.69) is 0 Å². The van der Waals surface area contributed by atoms with Crippen LogP contribution in [0.4, 0.5) is 4.39 Å². The summed E-state index contributed by atoms with van der Waals surface area (Å²) in [5.41, 5.74) is 1.10. The minimum Gasteiger partial charge on any atom is -0.366 e. The number of carbonyl (C=O) groups is 1. The van der Waals surface area contributed by atoms with Crippen LogP contribution in [0.15, 0.2) is 48.5 Å². The number of ketones is 1. The highest BCUT2D eigenvalue weighted by Crippen LogP contribution is 2.22. The van der Waals surface area contributed by atoms with Gasteiger partial charge in [0.05, 0.1) is 0 Å². The average molecular weight is 307 g/mol. The summed E-state index contributed by atoms with van der Waals surface area (Å²) < 4.78 is 19.3. The van der Waals surface area contributed by atoms with E-state index in [0.717, 1.165) is 5.56 Å². The summed E-state index contributed by atoms with van der Waals surface area (Å²) in [6.45, 7) is 2.24. The smallest absolute Gasteiger partial charge is 0.170 e. The van der Waals surface area contributed by atoms with Crippen LogP contribution >= 0.6 is 11.6 Å². The molecule has 0 amide bonds. The van der Waals surface area contributed by atoms with E-state index in [1.165, 1.54) is 12.1 Å². The molecule has 2 rings (SSSR count). The van der Waals surface area contributed by atoms with Crippen LogP contribution in [0, 0.1) is 5.82 Å². The van der Waals surface area contributed by atoms with Gasteiger partial charge in [-0.15, -0.1) is 0 Å². The summed E-state index contributed by atoms with van der Waals surface area (Å²) in [6, 6.07) is 13.5. The Morgan fingerprint density at radius 2 is 1.95 bits per heavy atom. The number of halogens is 2. The molecule has 0 heterocycles. The normalized spacial score (nSPS) is 12.1. The fourth-order valence-corrected chi connectivity index (χ4v) is 2.27. The Morgan fingerprint density at radius 3 is 2.57 bits per heavy atom. The van der Waals surface area contributed by atoms with Gasteiger partial charge in [-0.2, -0.15) is 0 Å². The second-order valence-electron chi connectivity index (χ2n) is 4.62. The molecule has 0 N–H and O–H groups in total. The minimum atomic E-state index is -0.675. The van der Waals surface area contributed by atoms with E-state index >= 15 is 0 Å². The minimum absolute atomic E-state index is 0.0252. The van der Waals surface area contributed by atoms with E-state index < -0.39 is 11.9 Å². The highest BCUT2D eigenvalue weighted by Gasteiger charge is 2.22. The molecule has 0 saturated heterocycles. The molecule has 2 aromatic rings. The third-order valence-electron chi connectivity index (χ3n) is 3.11. The zero-order valence-corrected chi connectivity index (χ0v) is 12.4. The van der Waals surface area contributed by atoms with Crippen molar-refractivity contribution in [1.82, 2.24) is 0 Å². The van der Waals surface area contributed by atoms with E-state index in [1.807, 2.05) is 37.3 Å². The molecule has 0 spiro atoms. The van der Waals surface area contributed by atoms with Crippen LogP contribution in [0.2, 0.25) is 5.02 Å². The van der Waals surface area contributed by atoms with Crippen molar-refractivity contribution < 1.29 is 13.9 Å². The lowest BCUT2D eigenvalue weighted by Gasteiger charge is -2.16. The van der Waals surface area contributed by atoms with Crippen molar-refractivity contribution in [1.29, 1.82) is 0 Å². The van der Waals surface area contributed by atoms with Crippen molar-refractivity contribution in [3.63, 3.8) is 0 Å². The van der Waals surface area contributed by atoms with E-state index in [1.54, 1.807) is 6.07 Å². The average Bonchev–Trinajstić information content (AvgIpc) is 2.48. The summed E-state index contributed by atoms with van der Waals surface area (Å²) in [5, 5.41) is 0.313. The molecule has 110 valence electrons. The molecule has 1 unspecified atom stereocenters. The zero-order chi connectivity index (χ0) is 15.2. The highest BCUT2D eigenvalue weighted by molar-refractivity contribution is 6.30. The Bertz CT molecular complexity index is 613. The topological polar surface area (TPSA) is 26.3 Å². The van der Waals surface area contributed by atoms with Crippen molar-refractivity contribution in [2.75, 3.05) is 6.61 Å². The second-order valence-corrected chi connectivity index (χ2v) is 5.06. The monoisotopic (exact) mass is 306 g/mol. The largest absolute Gasteiger partial charge is 0.366 e. The van der Waals surface area contributed by atoms with Crippen molar-refractivity contribution >= 4 is 17.4 Å². The Kier molecular flexibility index (Phi) is 5.48. The molecule has 0 aliphatic rings. The van der Waals surface area contributed by atoms with E-state index in [-0.39, 0.29) is 12.2 Å². The standard InChI is InChI=1S/C17H16ClFO2/c1-2-21-17(12-6-4-3-5-7-12)16(20)10-13-8-9-14(18)11-15(13)19/h3-9,11,17H,2,10H2,1H3. The number of Topliss-reactive ketones (excluding diaryl/α,β-unsaturated/α-hetero) is 1. The van der Waals surface area contributed by atoms with Gasteiger partial charge in [0.1, 0.15) is 11.9 Å². The van der Waals surface area contributed by atoms with Gasteiger partial charge in [0.25, 0.3) is 0 Å². The van der Waals surface area contributed by atoms with Crippen LogP contribution in [0.3, 0.4) is 0 Å². The van der Waals surface area contributed by atoms with Gasteiger partial charge in [0, 0.05) is 18.1 Å². The summed E-state index contributed by atoms with van der Waals surface area (Å²) in [4.78, 5) is 12.4. The predicted octanol–water partition coefficient (Wildman–Crippen LogP) is 4.37. The fourth-order valence-electron chi connectivity index (χ4n) is 2.12. The molecule has 0 bridgehead atoms. The van der Waals surface area contributed by atoms with Crippen LogP contribution in [0.1, 0.15) is 24.2 Å². The summed E-state index contributed by atoms with van der Waals surface area (Å²) >= 11 is 5.71. The molecule has 1 atom stereocenters. The molecular weight excluding hydrogens is 291 g/mol. The van der Waals surface area contributed by atoms with Gasteiger partial charge >= 0.3 is 0 Å². The molecule has 0 aliphatic heterocycles. The number of hydrogen-bond donors (Lipinski definition) is 0. The third kappa shape index (κ3) is 4.13. The lowest BCUT2D eigenvalue weighted by Crippen LogP contribution is -2.18. The summed E-state index contributed by atoms with van der Waals surface area (Å²) in [6.07, 6.45) is -0.700. The van der Waals surface area contributed by atoms with Crippen LogP contribution in [-0.4, -0.2) is 12.4 Å². The molecule has 0 aliphatic carbocycles. The first-order valence-corrected chi connectivity index (χ1v) is 7.12. The Balaban J connectivity index is 2.19. The van der Waals surface area contributed by atoms with Crippen molar-refractivity contribution in [3.8, 4) is 0 Å². The van der Waals surface area contributed by atoms with Crippen LogP contribution in [0.5, 0.6) is 0 Å². The van der Waals surface area contributed by atoms with Crippen molar-refractivity contribution in [2.45, 2.75) is 19.4 Å². The first-order chi connectivity index (χ1) is 10.1. The molecule has 21 heavy (non-hydrogen) atoms. The molecule has 0 fully saturated rings. The molecule has 0 saturated carbocycles. The van der Waals surface area contributed by atoms with Crippen LogP contribution in [-0.2, 0) is 16.0 Å². The molecule has 4 heteroatoms. The predicted molar refractivity (Wildman–Crippen MR) is 80.9 cm³/mol. The molecule has 2 aromatic carbocycles. The van der Waals surface area contributed by atoms with Gasteiger partial charge in [-0.3, -0.25) is 4.79 Å². The number of benzene rings is 2. The van der Waals surface area contributed by atoms with Crippen LogP contribution in [0.25, 0.3) is 0 Å². The van der Waals surface area contributed by atoms with Crippen molar-refractivity contribution in [2.24, 2.45) is 0 Å². The number of ether oxygens (including phenoxy) is 1. The first-order valence-electron chi connectivity index (χ1n) is 6.75. The molecule has 0 aromatic heterocycles. The maximum absolute atomic E-state index is 13.8. The number of rotatable bonds is 6. The molecule has 2 nitrogen and oxygen atoms in total. The third-order valence-corrected chi connectivity index (χ3v) is 3.34. The Labute approximate surface area is 128 Å². The van der Waals surface area contributed by atoms with Gasteiger partial charge < -0.3 is 4.74 Å². The lowest BCUT2D eigenvalue weighted by molar-refractivity contribution is -0.130. The fraction of sp³-hybridized carbons (Fsp3) is 0.235. The van der Waals surface area contributed by atoms with Gasteiger partial charge in [0.2, 0.25) is 0 Å². The quantitative estimate of drug-likeness (QED) is 0.792. The van der Waals surface area contributed by atoms with Gasteiger partial charge in [-0.05, 0) is 30.2 Å². The van der Waals surface area contributed by atoms with Crippen LogP contribution < -0.4 is 0 Å².